The summed E-state index contributed by atoms with van der Waals surface area (Å²) < 4.78 is 43.9. The summed E-state index contributed by atoms with van der Waals surface area (Å²) in [5.74, 6) is -0.481. The van der Waals surface area contributed by atoms with Crippen LogP contribution in [0.2, 0.25) is 0 Å². The monoisotopic (exact) mass is 445 g/mol. The molecule has 32 heavy (non-hydrogen) atoms. The molecule has 1 aliphatic rings. The quantitative estimate of drug-likeness (QED) is 0.597. The van der Waals surface area contributed by atoms with Gasteiger partial charge in [-0.25, -0.2) is 0 Å². The molecule has 1 atom stereocenters. The zero-order valence-corrected chi connectivity index (χ0v) is 17.3. The largest absolute Gasteiger partial charge is 0.497 e. The lowest BCUT2D eigenvalue weighted by Gasteiger charge is -2.16. The van der Waals surface area contributed by atoms with Gasteiger partial charge < -0.3 is 19.9 Å². The molecule has 0 aliphatic carbocycles. The van der Waals surface area contributed by atoms with Gasteiger partial charge in [0, 0.05) is 42.3 Å². The van der Waals surface area contributed by atoms with Crippen LogP contribution in [0.4, 0.5) is 18.9 Å². The molecule has 0 spiro atoms. The van der Waals surface area contributed by atoms with Crippen LogP contribution in [0.25, 0.3) is 10.9 Å². The fourth-order valence-corrected chi connectivity index (χ4v) is 3.93. The molecule has 6 nitrogen and oxygen atoms in total. The number of likely N-dealkylation sites (tertiary alicyclic amines) is 1. The van der Waals surface area contributed by atoms with E-state index in [-0.39, 0.29) is 24.6 Å². The van der Waals surface area contributed by atoms with E-state index in [1.165, 1.54) is 12.1 Å². The van der Waals surface area contributed by atoms with Crippen molar-refractivity contribution in [1.82, 2.24) is 9.88 Å². The first-order valence-electron chi connectivity index (χ1n) is 10.1. The number of hydrogen-bond donors (Lipinski definition) is 2. The number of nitrogens with one attached hydrogen (secondary N) is 2. The van der Waals surface area contributed by atoms with Gasteiger partial charge in [0.1, 0.15) is 5.75 Å². The van der Waals surface area contributed by atoms with E-state index in [9.17, 15) is 22.8 Å². The minimum atomic E-state index is -4.49. The number of fused-ring (bicyclic) bond motifs is 1. The number of ether oxygens (including phenoxy) is 1. The number of methoxy groups -OCH3 is 1. The number of hydrogen-bond acceptors (Lipinski definition) is 3. The van der Waals surface area contributed by atoms with Gasteiger partial charge >= 0.3 is 6.18 Å². The summed E-state index contributed by atoms with van der Waals surface area (Å²) in [6.45, 7) is 0.672. The van der Waals surface area contributed by atoms with E-state index < -0.39 is 23.6 Å². The summed E-state index contributed by atoms with van der Waals surface area (Å²) in [4.78, 5) is 29.8. The van der Waals surface area contributed by atoms with Crippen LogP contribution in [-0.4, -0.2) is 41.9 Å². The van der Waals surface area contributed by atoms with Gasteiger partial charge in [-0.05, 0) is 48.4 Å². The lowest BCUT2D eigenvalue weighted by atomic mass is 10.1. The number of H-pyrrole nitrogens is 1. The van der Waals surface area contributed by atoms with Gasteiger partial charge in [-0.3, -0.25) is 9.59 Å². The second kappa shape index (κ2) is 8.57. The second-order valence-corrected chi connectivity index (χ2v) is 7.78. The Bertz CT molecular complexity index is 1160. The number of carbonyl (C=O) groups is 2. The van der Waals surface area contributed by atoms with Gasteiger partial charge in [0.05, 0.1) is 18.6 Å². The summed E-state index contributed by atoms with van der Waals surface area (Å²) >= 11 is 0. The van der Waals surface area contributed by atoms with E-state index >= 15 is 0 Å². The Morgan fingerprint density at radius 3 is 2.81 bits per heavy atom. The Kier molecular flexibility index (Phi) is 5.82. The fourth-order valence-electron chi connectivity index (χ4n) is 3.93. The van der Waals surface area contributed by atoms with E-state index in [4.69, 9.17) is 4.74 Å². The van der Waals surface area contributed by atoms with Crippen molar-refractivity contribution in [2.45, 2.75) is 19.0 Å². The zero-order valence-electron chi connectivity index (χ0n) is 17.3. The number of aromatic amines is 1. The lowest BCUT2D eigenvalue weighted by Crippen LogP contribution is -2.30. The third-order valence-electron chi connectivity index (χ3n) is 5.67. The molecule has 1 aromatic heterocycles. The Labute approximate surface area is 182 Å². The van der Waals surface area contributed by atoms with Gasteiger partial charge in [-0.2, -0.15) is 13.2 Å². The predicted octanol–water partition coefficient (Wildman–Crippen LogP) is 4.23. The van der Waals surface area contributed by atoms with Crippen LogP contribution >= 0.6 is 0 Å². The number of aromatic nitrogens is 1. The third-order valence-corrected chi connectivity index (χ3v) is 5.67. The summed E-state index contributed by atoms with van der Waals surface area (Å²) in [6.07, 6.45) is -1.97. The van der Waals surface area contributed by atoms with Crippen molar-refractivity contribution in [3.05, 3.63) is 59.8 Å². The van der Waals surface area contributed by atoms with Crippen LogP contribution in [0.5, 0.6) is 5.75 Å². The number of halogens is 3. The predicted molar refractivity (Wildman–Crippen MR) is 113 cm³/mol. The molecule has 4 rings (SSSR count). The lowest BCUT2D eigenvalue weighted by molar-refractivity contribution is -0.137. The number of rotatable bonds is 6. The smallest absolute Gasteiger partial charge is 0.416 e. The topological polar surface area (TPSA) is 74.4 Å². The molecule has 1 unspecified atom stereocenters. The maximum atomic E-state index is 12.9. The first kappa shape index (κ1) is 21.7. The third kappa shape index (κ3) is 4.56. The molecule has 1 saturated heterocycles. The van der Waals surface area contributed by atoms with Crippen molar-refractivity contribution in [2.24, 2.45) is 5.92 Å². The Morgan fingerprint density at radius 1 is 1.25 bits per heavy atom. The molecule has 2 aromatic carbocycles. The van der Waals surface area contributed by atoms with Crippen LogP contribution in [0.1, 0.15) is 17.5 Å². The molecular formula is C23H22F3N3O3. The molecule has 0 radical (unpaired) electrons. The Morgan fingerprint density at radius 2 is 2.06 bits per heavy atom. The number of amides is 2. The zero-order chi connectivity index (χ0) is 22.9. The first-order valence-corrected chi connectivity index (χ1v) is 10.1. The SMILES string of the molecule is COc1ccc2[nH]cc(CCN3CC(C(=O)Nc4cccc(C(F)(F)F)c4)CC3=O)c2c1. The minimum Gasteiger partial charge on any atom is -0.497 e. The number of anilines is 1. The summed E-state index contributed by atoms with van der Waals surface area (Å²) in [7, 11) is 1.60. The molecule has 2 heterocycles. The van der Waals surface area contributed by atoms with E-state index in [1.807, 2.05) is 24.4 Å². The van der Waals surface area contributed by atoms with Crippen molar-refractivity contribution in [3.8, 4) is 5.75 Å². The molecule has 0 bridgehead atoms. The number of nitrogens with zero attached hydrogens (tertiary/aromatic N) is 1. The van der Waals surface area contributed by atoms with E-state index in [2.05, 4.69) is 10.3 Å². The van der Waals surface area contributed by atoms with Crippen molar-refractivity contribution in [3.63, 3.8) is 0 Å². The van der Waals surface area contributed by atoms with Gasteiger partial charge in [0.25, 0.3) is 0 Å². The van der Waals surface area contributed by atoms with Gasteiger partial charge in [0.15, 0.2) is 0 Å². The molecule has 2 amide bonds. The Balaban J connectivity index is 1.38. The van der Waals surface area contributed by atoms with Crippen molar-refractivity contribution in [2.75, 3.05) is 25.5 Å². The van der Waals surface area contributed by atoms with Gasteiger partial charge in [0.2, 0.25) is 11.8 Å². The molecular weight excluding hydrogens is 423 g/mol. The maximum Gasteiger partial charge on any atom is 0.416 e. The Hall–Kier alpha value is -3.49. The maximum absolute atomic E-state index is 12.9. The summed E-state index contributed by atoms with van der Waals surface area (Å²) in [5, 5.41) is 3.52. The molecule has 9 heteroatoms. The van der Waals surface area contributed by atoms with Crippen LogP contribution in [-0.2, 0) is 22.2 Å². The molecule has 2 N–H and O–H groups in total. The van der Waals surface area contributed by atoms with Gasteiger partial charge in [-0.1, -0.05) is 6.07 Å². The number of benzene rings is 2. The molecule has 1 aliphatic heterocycles. The fraction of sp³-hybridized carbons (Fsp3) is 0.304. The van der Waals surface area contributed by atoms with E-state index in [0.29, 0.717) is 13.0 Å². The average Bonchev–Trinajstić information content (AvgIpc) is 3.34. The van der Waals surface area contributed by atoms with E-state index in [0.717, 1.165) is 34.3 Å². The highest BCUT2D eigenvalue weighted by molar-refractivity contribution is 5.97. The highest BCUT2D eigenvalue weighted by Crippen LogP contribution is 2.31. The summed E-state index contributed by atoms with van der Waals surface area (Å²) in [6, 6.07) is 10.2. The standard InChI is InChI=1S/C23H22F3N3O3/c1-32-18-5-6-20-19(11-18)14(12-27-20)7-8-29-13-15(9-21(29)30)22(31)28-17-4-2-3-16(10-17)23(24,25)26/h2-6,10-12,15,27H,7-9,13H2,1H3,(H,28,31). The van der Waals surface area contributed by atoms with Crippen LogP contribution in [0.3, 0.4) is 0 Å². The number of carbonyl (C=O) groups excluding carboxylic acids is 2. The van der Waals surface area contributed by atoms with Crippen molar-refractivity contribution >= 4 is 28.4 Å². The average molecular weight is 445 g/mol. The van der Waals surface area contributed by atoms with Crippen LogP contribution in [0, 0.1) is 5.92 Å². The van der Waals surface area contributed by atoms with Crippen LogP contribution < -0.4 is 10.1 Å². The minimum absolute atomic E-state index is 0.0342. The van der Waals surface area contributed by atoms with Crippen LogP contribution in [0.15, 0.2) is 48.7 Å². The van der Waals surface area contributed by atoms with Gasteiger partial charge in [-0.15, -0.1) is 0 Å². The summed E-state index contributed by atoms with van der Waals surface area (Å²) in [5.41, 5.74) is 1.22. The second-order valence-electron chi connectivity index (χ2n) is 7.78. The highest BCUT2D eigenvalue weighted by Gasteiger charge is 2.35. The number of alkyl halides is 3. The first-order chi connectivity index (χ1) is 15.2. The highest BCUT2D eigenvalue weighted by atomic mass is 19.4. The normalized spacial score (nSPS) is 16.6. The van der Waals surface area contributed by atoms with Crippen molar-refractivity contribution in [1.29, 1.82) is 0 Å². The molecule has 168 valence electrons. The van der Waals surface area contributed by atoms with Crippen molar-refractivity contribution < 1.29 is 27.5 Å². The molecule has 1 fully saturated rings. The molecule has 3 aromatic rings. The molecule has 0 saturated carbocycles. The van der Waals surface area contributed by atoms with E-state index in [1.54, 1.807) is 12.0 Å².